The van der Waals surface area contributed by atoms with E-state index in [4.69, 9.17) is 9.26 Å². The summed E-state index contributed by atoms with van der Waals surface area (Å²) in [5, 5.41) is 14.7. The third-order valence-electron chi connectivity index (χ3n) is 4.05. The Morgan fingerprint density at radius 3 is 3.14 bits per heavy atom. The van der Waals surface area contributed by atoms with Gasteiger partial charge >= 0.3 is 0 Å². The second kappa shape index (κ2) is 6.41. The van der Waals surface area contributed by atoms with Crippen LogP contribution in [0.3, 0.4) is 0 Å². The Balaban J connectivity index is 1.60. The molecule has 1 fully saturated rings. The zero-order chi connectivity index (χ0) is 14.7. The summed E-state index contributed by atoms with van der Waals surface area (Å²) in [6.45, 7) is 5.72. The van der Waals surface area contributed by atoms with Gasteiger partial charge in [0.2, 0.25) is 0 Å². The fraction of sp³-hybridized carbons (Fsp3) is 0.600. The van der Waals surface area contributed by atoms with Crippen LogP contribution in [-0.2, 0) is 4.74 Å². The minimum Gasteiger partial charge on any atom is -0.372 e. The van der Waals surface area contributed by atoms with Gasteiger partial charge in [0.25, 0.3) is 0 Å². The molecule has 0 spiro atoms. The Kier molecular flexibility index (Phi) is 4.36. The van der Waals surface area contributed by atoms with Gasteiger partial charge in [-0.2, -0.15) is 5.10 Å². The summed E-state index contributed by atoms with van der Waals surface area (Å²) in [6.07, 6.45) is 4.13. The molecule has 0 bridgehead atoms. The summed E-state index contributed by atoms with van der Waals surface area (Å²) >= 11 is 0. The number of aryl methyl sites for hydroxylation is 1. The standard InChI is InChI=1S/C15H22N4O2/c1-10-8-14(19-21-10)11(2)16-9-12-4-3-7-20-15(12)13-5-6-17-18-13/h5-6,8,11-12,15-16H,3-4,7,9H2,1-2H3,(H,17,18)/t11?,12-,15+/m0/s1. The number of hydrogen-bond donors (Lipinski definition) is 2. The van der Waals surface area contributed by atoms with Gasteiger partial charge in [-0.3, -0.25) is 5.10 Å². The highest BCUT2D eigenvalue weighted by molar-refractivity contribution is 5.08. The van der Waals surface area contributed by atoms with Crippen molar-refractivity contribution < 1.29 is 9.26 Å². The SMILES string of the molecule is Cc1cc(C(C)NC[C@@H]2CCCO[C@H]2c2ccn[nH]2)no1. The molecule has 3 heterocycles. The average Bonchev–Trinajstić information content (AvgIpc) is 3.16. The lowest BCUT2D eigenvalue weighted by atomic mass is 9.92. The Hall–Kier alpha value is -1.66. The summed E-state index contributed by atoms with van der Waals surface area (Å²) in [7, 11) is 0. The van der Waals surface area contributed by atoms with Crippen LogP contribution in [0.25, 0.3) is 0 Å². The molecule has 0 aliphatic carbocycles. The van der Waals surface area contributed by atoms with Crippen LogP contribution in [0.1, 0.15) is 49.1 Å². The number of nitrogens with zero attached hydrogens (tertiary/aromatic N) is 2. The second-order valence-electron chi connectivity index (χ2n) is 5.70. The molecule has 1 unspecified atom stereocenters. The number of H-pyrrole nitrogens is 1. The van der Waals surface area contributed by atoms with E-state index in [1.807, 2.05) is 19.1 Å². The molecule has 1 aliphatic heterocycles. The van der Waals surface area contributed by atoms with Crippen LogP contribution in [0.15, 0.2) is 22.9 Å². The predicted octanol–water partition coefficient (Wildman–Crippen LogP) is 2.52. The molecule has 6 heteroatoms. The van der Waals surface area contributed by atoms with E-state index in [9.17, 15) is 0 Å². The summed E-state index contributed by atoms with van der Waals surface area (Å²) < 4.78 is 11.1. The van der Waals surface area contributed by atoms with Crippen LogP contribution in [0.2, 0.25) is 0 Å². The smallest absolute Gasteiger partial charge is 0.133 e. The zero-order valence-corrected chi connectivity index (χ0v) is 12.5. The van der Waals surface area contributed by atoms with Gasteiger partial charge in [0.15, 0.2) is 0 Å². The van der Waals surface area contributed by atoms with Crippen LogP contribution in [-0.4, -0.2) is 28.5 Å². The highest BCUT2D eigenvalue weighted by Gasteiger charge is 2.28. The maximum absolute atomic E-state index is 5.93. The van der Waals surface area contributed by atoms with Crippen molar-refractivity contribution in [2.75, 3.05) is 13.2 Å². The van der Waals surface area contributed by atoms with Gasteiger partial charge in [0.05, 0.1) is 11.7 Å². The van der Waals surface area contributed by atoms with Crippen LogP contribution >= 0.6 is 0 Å². The molecule has 2 aromatic heterocycles. The number of rotatable bonds is 5. The maximum Gasteiger partial charge on any atom is 0.133 e. The molecule has 0 amide bonds. The van der Waals surface area contributed by atoms with E-state index < -0.39 is 0 Å². The molecule has 21 heavy (non-hydrogen) atoms. The topological polar surface area (TPSA) is 76.0 Å². The van der Waals surface area contributed by atoms with Crippen molar-refractivity contribution in [1.29, 1.82) is 0 Å². The van der Waals surface area contributed by atoms with E-state index in [1.54, 1.807) is 6.20 Å². The summed E-state index contributed by atoms with van der Waals surface area (Å²) in [4.78, 5) is 0. The minimum atomic E-state index is 0.0972. The highest BCUT2D eigenvalue weighted by atomic mass is 16.5. The molecule has 1 aliphatic rings. The van der Waals surface area contributed by atoms with Crippen molar-refractivity contribution in [2.45, 2.75) is 38.8 Å². The van der Waals surface area contributed by atoms with Crippen molar-refractivity contribution in [3.05, 3.63) is 35.5 Å². The Bertz CT molecular complexity index is 552. The quantitative estimate of drug-likeness (QED) is 0.885. The number of nitrogens with one attached hydrogen (secondary N) is 2. The molecule has 6 nitrogen and oxygen atoms in total. The van der Waals surface area contributed by atoms with E-state index in [0.717, 1.165) is 43.1 Å². The van der Waals surface area contributed by atoms with Crippen molar-refractivity contribution in [1.82, 2.24) is 20.7 Å². The number of hydrogen-bond acceptors (Lipinski definition) is 5. The van der Waals surface area contributed by atoms with E-state index in [1.165, 1.54) is 0 Å². The third kappa shape index (κ3) is 3.33. The van der Waals surface area contributed by atoms with Gasteiger partial charge < -0.3 is 14.6 Å². The van der Waals surface area contributed by atoms with Crippen molar-refractivity contribution in [3.63, 3.8) is 0 Å². The molecular formula is C15H22N4O2. The normalized spacial score (nSPS) is 24.1. The molecule has 2 N–H and O–H groups in total. The van der Waals surface area contributed by atoms with E-state index >= 15 is 0 Å². The Morgan fingerprint density at radius 2 is 2.43 bits per heavy atom. The Morgan fingerprint density at radius 1 is 1.52 bits per heavy atom. The summed E-state index contributed by atoms with van der Waals surface area (Å²) in [6, 6.07) is 4.14. The molecule has 0 aromatic carbocycles. The number of aromatic nitrogens is 3. The summed E-state index contributed by atoms with van der Waals surface area (Å²) in [5.41, 5.74) is 2.01. The average molecular weight is 290 g/mol. The first-order valence-corrected chi connectivity index (χ1v) is 7.51. The van der Waals surface area contributed by atoms with Gasteiger partial charge in [-0.05, 0) is 32.8 Å². The van der Waals surface area contributed by atoms with Gasteiger partial charge in [-0.25, -0.2) is 0 Å². The lowest BCUT2D eigenvalue weighted by Crippen LogP contribution is -2.33. The molecule has 0 radical (unpaired) electrons. The largest absolute Gasteiger partial charge is 0.372 e. The Labute approximate surface area is 124 Å². The first-order valence-electron chi connectivity index (χ1n) is 7.51. The third-order valence-corrected chi connectivity index (χ3v) is 4.05. The predicted molar refractivity (Wildman–Crippen MR) is 77.7 cm³/mol. The summed E-state index contributed by atoms with van der Waals surface area (Å²) in [5.74, 6) is 1.28. The fourth-order valence-corrected chi connectivity index (χ4v) is 2.84. The van der Waals surface area contributed by atoms with Gasteiger partial charge in [0, 0.05) is 31.3 Å². The first kappa shape index (κ1) is 14.3. The van der Waals surface area contributed by atoms with Crippen molar-refractivity contribution in [2.24, 2.45) is 5.92 Å². The molecule has 3 rings (SSSR count). The number of ether oxygens (including phenoxy) is 1. The zero-order valence-electron chi connectivity index (χ0n) is 12.5. The van der Waals surface area contributed by atoms with Crippen LogP contribution in [0, 0.1) is 12.8 Å². The van der Waals surface area contributed by atoms with Gasteiger partial charge in [-0.15, -0.1) is 0 Å². The molecule has 1 saturated heterocycles. The van der Waals surface area contributed by atoms with E-state index in [0.29, 0.717) is 5.92 Å². The van der Waals surface area contributed by atoms with Crippen LogP contribution < -0.4 is 5.32 Å². The molecule has 3 atom stereocenters. The van der Waals surface area contributed by atoms with Crippen LogP contribution in [0.5, 0.6) is 0 Å². The fourth-order valence-electron chi connectivity index (χ4n) is 2.84. The monoisotopic (exact) mass is 290 g/mol. The van der Waals surface area contributed by atoms with Crippen molar-refractivity contribution in [3.8, 4) is 0 Å². The van der Waals surface area contributed by atoms with E-state index in [-0.39, 0.29) is 12.1 Å². The van der Waals surface area contributed by atoms with Crippen molar-refractivity contribution >= 4 is 0 Å². The van der Waals surface area contributed by atoms with Gasteiger partial charge in [0.1, 0.15) is 17.6 Å². The molecule has 2 aromatic rings. The number of aromatic amines is 1. The lowest BCUT2D eigenvalue weighted by molar-refractivity contribution is -0.0309. The molecular weight excluding hydrogens is 268 g/mol. The maximum atomic E-state index is 5.93. The molecule has 114 valence electrons. The highest BCUT2D eigenvalue weighted by Crippen LogP contribution is 2.32. The minimum absolute atomic E-state index is 0.0972. The van der Waals surface area contributed by atoms with Crippen LogP contribution in [0.4, 0.5) is 0 Å². The van der Waals surface area contributed by atoms with Gasteiger partial charge in [-0.1, -0.05) is 5.16 Å². The second-order valence-corrected chi connectivity index (χ2v) is 5.70. The first-order chi connectivity index (χ1) is 10.2. The molecule has 0 saturated carbocycles. The lowest BCUT2D eigenvalue weighted by Gasteiger charge is -2.31. The van der Waals surface area contributed by atoms with E-state index in [2.05, 4.69) is 27.6 Å².